The highest BCUT2D eigenvalue weighted by Crippen LogP contribution is 2.34. The molecule has 2 rings (SSSR count). The third kappa shape index (κ3) is 2.46. The standard InChI is InChI=1S/C9H12F3N3O/c10-9(11,12)8-7(5-14-15-8)16-6-1-3-13-4-2-6/h5-6,13H,1-4H2,(H,14,15). The minimum absolute atomic E-state index is 0.167. The predicted octanol–water partition coefficient (Wildman–Crippen LogP) is 1.56. The number of aromatic nitrogens is 2. The molecule has 0 amide bonds. The van der Waals surface area contributed by atoms with Gasteiger partial charge in [-0.1, -0.05) is 0 Å². The molecule has 0 spiro atoms. The van der Waals surface area contributed by atoms with Crippen LogP contribution in [0.2, 0.25) is 0 Å². The Bertz CT molecular complexity index is 344. The van der Waals surface area contributed by atoms with E-state index in [1.807, 2.05) is 5.10 Å². The highest BCUT2D eigenvalue weighted by Gasteiger charge is 2.37. The predicted molar refractivity (Wildman–Crippen MR) is 50.1 cm³/mol. The molecule has 1 aliphatic rings. The third-order valence-electron chi connectivity index (χ3n) is 2.47. The van der Waals surface area contributed by atoms with E-state index in [1.165, 1.54) is 0 Å². The number of alkyl halides is 3. The Morgan fingerprint density at radius 3 is 2.62 bits per heavy atom. The lowest BCUT2D eigenvalue weighted by Crippen LogP contribution is -2.34. The summed E-state index contributed by atoms with van der Waals surface area (Å²) in [6, 6.07) is 0. The molecule has 90 valence electrons. The fraction of sp³-hybridized carbons (Fsp3) is 0.667. The van der Waals surface area contributed by atoms with Gasteiger partial charge < -0.3 is 10.1 Å². The molecule has 2 N–H and O–H groups in total. The first-order valence-corrected chi connectivity index (χ1v) is 5.05. The molecule has 4 nitrogen and oxygen atoms in total. The molecular weight excluding hydrogens is 223 g/mol. The Morgan fingerprint density at radius 1 is 1.31 bits per heavy atom. The van der Waals surface area contributed by atoms with Gasteiger partial charge in [0, 0.05) is 0 Å². The number of nitrogens with one attached hydrogen (secondary N) is 2. The molecule has 0 radical (unpaired) electrons. The molecule has 0 aliphatic carbocycles. The van der Waals surface area contributed by atoms with Crippen LogP contribution in [0.3, 0.4) is 0 Å². The summed E-state index contributed by atoms with van der Waals surface area (Å²) >= 11 is 0. The molecule has 0 saturated carbocycles. The van der Waals surface area contributed by atoms with Gasteiger partial charge in [0.1, 0.15) is 6.10 Å². The molecule has 0 unspecified atom stereocenters. The summed E-state index contributed by atoms with van der Waals surface area (Å²) in [6.07, 6.45) is -2.12. The van der Waals surface area contributed by atoms with Crippen LogP contribution in [0.5, 0.6) is 5.75 Å². The van der Waals surface area contributed by atoms with Crippen LogP contribution in [0.1, 0.15) is 18.5 Å². The zero-order chi connectivity index (χ0) is 11.6. The van der Waals surface area contributed by atoms with Crippen molar-refractivity contribution in [2.24, 2.45) is 0 Å². The van der Waals surface area contributed by atoms with E-state index in [0.29, 0.717) is 12.8 Å². The summed E-state index contributed by atoms with van der Waals surface area (Å²) in [5.74, 6) is -0.209. The smallest absolute Gasteiger partial charge is 0.436 e. The minimum atomic E-state index is -4.45. The zero-order valence-electron chi connectivity index (χ0n) is 8.47. The van der Waals surface area contributed by atoms with Gasteiger partial charge in [-0.15, -0.1) is 0 Å². The molecule has 0 atom stereocenters. The average Bonchev–Trinajstić information content (AvgIpc) is 2.67. The van der Waals surface area contributed by atoms with E-state index in [1.54, 1.807) is 0 Å². The number of piperidine rings is 1. The number of hydrogen-bond donors (Lipinski definition) is 2. The Hall–Kier alpha value is -1.24. The highest BCUT2D eigenvalue weighted by atomic mass is 19.4. The summed E-state index contributed by atoms with van der Waals surface area (Å²) in [7, 11) is 0. The van der Waals surface area contributed by atoms with Crippen LogP contribution < -0.4 is 10.1 Å². The van der Waals surface area contributed by atoms with E-state index in [-0.39, 0.29) is 11.9 Å². The second-order valence-electron chi connectivity index (χ2n) is 3.67. The molecule has 1 aromatic rings. The van der Waals surface area contributed by atoms with E-state index in [9.17, 15) is 13.2 Å². The molecule has 1 fully saturated rings. The molecule has 0 aromatic carbocycles. The third-order valence-corrected chi connectivity index (χ3v) is 2.47. The number of halogens is 3. The van der Waals surface area contributed by atoms with E-state index >= 15 is 0 Å². The lowest BCUT2D eigenvalue weighted by atomic mass is 10.1. The number of nitrogens with zero attached hydrogens (tertiary/aromatic N) is 1. The lowest BCUT2D eigenvalue weighted by Gasteiger charge is -2.23. The van der Waals surface area contributed by atoms with Crippen molar-refractivity contribution < 1.29 is 17.9 Å². The van der Waals surface area contributed by atoms with Gasteiger partial charge >= 0.3 is 6.18 Å². The Morgan fingerprint density at radius 2 is 2.00 bits per heavy atom. The van der Waals surface area contributed by atoms with Crippen LogP contribution in [0.15, 0.2) is 6.20 Å². The molecule has 1 aromatic heterocycles. The maximum absolute atomic E-state index is 12.5. The topological polar surface area (TPSA) is 49.9 Å². The molecule has 0 bridgehead atoms. The molecule has 2 heterocycles. The monoisotopic (exact) mass is 235 g/mol. The van der Waals surface area contributed by atoms with Crippen molar-refractivity contribution in [3.8, 4) is 5.75 Å². The van der Waals surface area contributed by atoms with Crippen molar-refractivity contribution in [3.63, 3.8) is 0 Å². The second kappa shape index (κ2) is 4.32. The van der Waals surface area contributed by atoms with Crippen molar-refractivity contribution in [2.75, 3.05) is 13.1 Å². The van der Waals surface area contributed by atoms with Crippen LogP contribution in [0.25, 0.3) is 0 Å². The van der Waals surface area contributed by atoms with Crippen LogP contribution >= 0.6 is 0 Å². The lowest BCUT2D eigenvalue weighted by molar-refractivity contribution is -0.142. The molecule has 7 heteroatoms. The number of H-pyrrole nitrogens is 1. The van der Waals surface area contributed by atoms with Crippen LogP contribution in [-0.2, 0) is 6.18 Å². The molecular formula is C9H12F3N3O. The van der Waals surface area contributed by atoms with E-state index in [4.69, 9.17) is 4.74 Å². The van der Waals surface area contributed by atoms with Crippen molar-refractivity contribution in [1.82, 2.24) is 15.5 Å². The first-order valence-electron chi connectivity index (χ1n) is 5.05. The Balaban J connectivity index is 2.06. The number of hydrogen-bond acceptors (Lipinski definition) is 3. The van der Waals surface area contributed by atoms with E-state index < -0.39 is 11.9 Å². The summed E-state index contributed by atoms with van der Waals surface area (Å²) in [5, 5.41) is 8.40. The maximum atomic E-state index is 12.5. The summed E-state index contributed by atoms with van der Waals surface area (Å²) in [6.45, 7) is 1.54. The van der Waals surface area contributed by atoms with Gasteiger partial charge in [-0.2, -0.15) is 18.3 Å². The largest absolute Gasteiger partial charge is 0.486 e. The summed E-state index contributed by atoms with van der Waals surface area (Å²) in [4.78, 5) is 0. The van der Waals surface area contributed by atoms with Gasteiger partial charge in [0.25, 0.3) is 0 Å². The average molecular weight is 235 g/mol. The van der Waals surface area contributed by atoms with Gasteiger partial charge in [0.15, 0.2) is 11.4 Å². The first kappa shape index (κ1) is 11.3. The van der Waals surface area contributed by atoms with E-state index in [2.05, 4.69) is 10.4 Å². The molecule has 1 aliphatic heterocycles. The fourth-order valence-corrected chi connectivity index (χ4v) is 1.66. The second-order valence-corrected chi connectivity index (χ2v) is 3.67. The number of rotatable bonds is 2. The maximum Gasteiger partial charge on any atom is 0.436 e. The molecule has 1 saturated heterocycles. The van der Waals surface area contributed by atoms with Gasteiger partial charge in [-0.05, 0) is 25.9 Å². The van der Waals surface area contributed by atoms with Crippen molar-refractivity contribution in [3.05, 3.63) is 11.9 Å². The van der Waals surface area contributed by atoms with Gasteiger partial charge in [-0.3, -0.25) is 5.10 Å². The number of ether oxygens (including phenoxy) is 1. The van der Waals surface area contributed by atoms with Gasteiger partial charge in [0.05, 0.1) is 6.20 Å². The minimum Gasteiger partial charge on any atom is -0.486 e. The quantitative estimate of drug-likeness (QED) is 0.817. The van der Waals surface area contributed by atoms with Crippen LogP contribution in [0.4, 0.5) is 13.2 Å². The van der Waals surface area contributed by atoms with E-state index in [0.717, 1.165) is 19.3 Å². The van der Waals surface area contributed by atoms with Crippen LogP contribution in [0, 0.1) is 0 Å². The van der Waals surface area contributed by atoms with Crippen LogP contribution in [-0.4, -0.2) is 29.4 Å². The normalized spacial score (nSPS) is 18.7. The van der Waals surface area contributed by atoms with Crippen molar-refractivity contribution in [1.29, 1.82) is 0 Å². The highest BCUT2D eigenvalue weighted by molar-refractivity contribution is 5.26. The zero-order valence-corrected chi connectivity index (χ0v) is 8.47. The first-order chi connectivity index (χ1) is 7.57. The van der Waals surface area contributed by atoms with Crippen molar-refractivity contribution in [2.45, 2.75) is 25.1 Å². The van der Waals surface area contributed by atoms with Gasteiger partial charge in [-0.25, -0.2) is 0 Å². The fourth-order valence-electron chi connectivity index (χ4n) is 1.66. The SMILES string of the molecule is FC(F)(F)c1[nH]ncc1OC1CCNCC1. The summed E-state index contributed by atoms with van der Waals surface area (Å²) in [5.41, 5.74) is -0.911. The number of aromatic amines is 1. The summed E-state index contributed by atoms with van der Waals surface area (Å²) < 4.78 is 42.7. The van der Waals surface area contributed by atoms with Crippen molar-refractivity contribution >= 4 is 0 Å². The Kier molecular flexibility index (Phi) is 3.04. The Labute approximate surface area is 90.2 Å². The molecule has 16 heavy (non-hydrogen) atoms. The van der Waals surface area contributed by atoms with Gasteiger partial charge in [0.2, 0.25) is 0 Å².